The van der Waals surface area contributed by atoms with Gasteiger partial charge < -0.3 is 5.73 Å². The van der Waals surface area contributed by atoms with Gasteiger partial charge in [0.05, 0.1) is 0 Å². The predicted molar refractivity (Wildman–Crippen MR) is 58.5 cm³/mol. The average Bonchev–Trinajstić information content (AvgIpc) is 2.87. The van der Waals surface area contributed by atoms with E-state index in [1.165, 1.54) is 12.8 Å². The Morgan fingerprint density at radius 1 is 1.43 bits per heavy atom. The van der Waals surface area contributed by atoms with Crippen LogP contribution in [0.1, 0.15) is 30.9 Å². The molecule has 0 spiro atoms. The van der Waals surface area contributed by atoms with Gasteiger partial charge in [-0.3, -0.25) is 0 Å². The zero-order valence-corrected chi connectivity index (χ0v) is 9.22. The molecule has 1 heterocycles. The minimum Gasteiger partial charge on any atom is -0.324 e. The zero-order valence-electron chi connectivity index (χ0n) is 7.71. The summed E-state index contributed by atoms with van der Waals surface area (Å²) >= 11 is 11.7. The highest BCUT2D eigenvalue weighted by atomic mass is 35.5. The third kappa shape index (κ3) is 2.38. The van der Waals surface area contributed by atoms with Gasteiger partial charge in [0.1, 0.15) is 10.3 Å². The summed E-state index contributed by atoms with van der Waals surface area (Å²) in [5.74, 6) is 0.789. The van der Waals surface area contributed by atoms with Gasteiger partial charge in [0.25, 0.3) is 0 Å². The van der Waals surface area contributed by atoms with Crippen LogP contribution in [0.15, 0.2) is 12.1 Å². The number of nitrogens with zero attached hydrogens (tertiary/aromatic N) is 1. The van der Waals surface area contributed by atoms with Crippen molar-refractivity contribution in [3.8, 4) is 0 Å². The van der Waals surface area contributed by atoms with Crippen LogP contribution in [0.3, 0.4) is 0 Å². The molecule has 0 radical (unpaired) electrons. The summed E-state index contributed by atoms with van der Waals surface area (Å²) in [4.78, 5) is 3.97. The van der Waals surface area contributed by atoms with E-state index in [2.05, 4.69) is 4.98 Å². The summed E-state index contributed by atoms with van der Waals surface area (Å²) in [5.41, 5.74) is 6.92. The van der Waals surface area contributed by atoms with Crippen molar-refractivity contribution in [3.63, 3.8) is 0 Å². The van der Waals surface area contributed by atoms with Crippen LogP contribution in [0, 0.1) is 5.92 Å². The van der Waals surface area contributed by atoms with Gasteiger partial charge in [-0.25, -0.2) is 4.98 Å². The zero-order chi connectivity index (χ0) is 10.1. The lowest BCUT2D eigenvalue weighted by Crippen LogP contribution is -2.12. The lowest BCUT2D eigenvalue weighted by atomic mass is 10.0. The summed E-state index contributed by atoms with van der Waals surface area (Å²) in [5, 5.41) is 0.850. The second kappa shape index (κ2) is 4.05. The average molecular weight is 231 g/mol. The van der Waals surface area contributed by atoms with E-state index in [0.717, 1.165) is 17.9 Å². The molecule has 1 saturated carbocycles. The highest BCUT2D eigenvalue weighted by Crippen LogP contribution is 2.37. The van der Waals surface area contributed by atoms with Crippen molar-refractivity contribution < 1.29 is 0 Å². The fourth-order valence-corrected chi connectivity index (χ4v) is 2.02. The number of aromatic nitrogens is 1. The molecule has 0 aromatic carbocycles. The normalized spacial score (nSPS) is 18.2. The lowest BCUT2D eigenvalue weighted by Gasteiger charge is -2.12. The maximum atomic E-state index is 6.02. The fourth-order valence-electron chi connectivity index (χ4n) is 1.54. The molecule has 1 aromatic rings. The second-order valence-electron chi connectivity index (χ2n) is 3.80. The van der Waals surface area contributed by atoms with E-state index in [9.17, 15) is 0 Å². The van der Waals surface area contributed by atoms with Crippen LogP contribution in [0.2, 0.25) is 10.3 Å². The molecule has 0 amide bonds. The summed E-state index contributed by atoms with van der Waals surface area (Å²) in [6, 6.07) is 3.60. The number of halogens is 2. The first-order valence-corrected chi connectivity index (χ1v) is 5.50. The fraction of sp³-hybridized carbons (Fsp3) is 0.500. The molecular formula is C10H12Cl2N2. The van der Waals surface area contributed by atoms with Crippen molar-refractivity contribution in [2.24, 2.45) is 11.7 Å². The van der Waals surface area contributed by atoms with Crippen molar-refractivity contribution in [2.45, 2.75) is 25.3 Å². The summed E-state index contributed by atoms with van der Waals surface area (Å²) < 4.78 is 0. The van der Waals surface area contributed by atoms with Crippen LogP contribution >= 0.6 is 23.2 Å². The maximum absolute atomic E-state index is 6.02. The molecule has 76 valence electrons. The monoisotopic (exact) mass is 230 g/mol. The van der Waals surface area contributed by atoms with E-state index in [0.29, 0.717) is 10.3 Å². The molecular weight excluding hydrogens is 219 g/mol. The second-order valence-corrected chi connectivity index (χ2v) is 4.54. The first kappa shape index (κ1) is 10.2. The van der Waals surface area contributed by atoms with Crippen LogP contribution in [0.4, 0.5) is 0 Å². The third-order valence-electron chi connectivity index (χ3n) is 2.53. The van der Waals surface area contributed by atoms with Crippen LogP contribution in [-0.2, 0) is 0 Å². The SMILES string of the molecule is N[C@@H](CC1CC1)c1ccc(Cl)nc1Cl. The van der Waals surface area contributed by atoms with Crippen molar-refractivity contribution >= 4 is 23.2 Å². The number of hydrogen-bond acceptors (Lipinski definition) is 2. The lowest BCUT2D eigenvalue weighted by molar-refractivity contribution is 0.595. The van der Waals surface area contributed by atoms with Gasteiger partial charge in [0.15, 0.2) is 0 Å². The van der Waals surface area contributed by atoms with Crippen molar-refractivity contribution in [2.75, 3.05) is 0 Å². The molecule has 0 aliphatic heterocycles. The van der Waals surface area contributed by atoms with E-state index in [4.69, 9.17) is 28.9 Å². The maximum Gasteiger partial charge on any atom is 0.135 e. The number of rotatable bonds is 3. The van der Waals surface area contributed by atoms with E-state index in [1.54, 1.807) is 6.07 Å². The van der Waals surface area contributed by atoms with Gasteiger partial charge in [0.2, 0.25) is 0 Å². The summed E-state index contributed by atoms with van der Waals surface area (Å²) in [7, 11) is 0. The van der Waals surface area contributed by atoms with Gasteiger partial charge in [-0.2, -0.15) is 0 Å². The van der Waals surface area contributed by atoms with Crippen LogP contribution in [0.5, 0.6) is 0 Å². The Hall–Kier alpha value is -0.310. The minimum absolute atomic E-state index is 0.000216. The number of nitrogens with two attached hydrogens (primary N) is 1. The van der Waals surface area contributed by atoms with Gasteiger partial charge in [-0.1, -0.05) is 42.1 Å². The molecule has 1 atom stereocenters. The summed E-state index contributed by atoms with van der Waals surface area (Å²) in [6.07, 6.45) is 3.60. The van der Waals surface area contributed by atoms with E-state index >= 15 is 0 Å². The molecule has 0 unspecified atom stereocenters. The van der Waals surface area contributed by atoms with Crippen LogP contribution in [-0.4, -0.2) is 4.98 Å². The molecule has 1 aliphatic carbocycles. The van der Waals surface area contributed by atoms with Gasteiger partial charge in [-0.15, -0.1) is 0 Å². The first-order chi connectivity index (χ1) is 6.66. The smallest absolute Gasteiger partial charge is 0.135 e. The largest absolute Gasteiger partial charge is 0.324 e. The Morgan fingerprint density at radius 3 is 2.71 bits per heavy atom. The Morgan fingerprint density at radius 2 is 2.14 bits per heavy atom. The van der Waals surface area contributed by atoms with Crippen molar-refractivity contribution in [3.05, 3.63) is 28.0 Å². The van der Waals surface area contributed by atoms with Crippen LogP contribution < -0.4 is 5.73 Å². The van der Waals surface area contributed by atoms with E-state index in [-0.39, 0.29) is 6.04 Å². The van der Waals surface area contributed by atoms with Crippen LogP contribution in [0.25, 0.3) is 0 Å². The van der Waals surface area contributed by atoms with Gasteiger partial charge >= 0.3 is 0 Å². The standard InChI is InChI=1S/C10H12Cl2N2/c11-9-4-3-7(10(12)14-9)8(13)5-6-1-2-6/h3-4,6,8H,1-2,5,13H2/t8-/m0/s1. The minimum atomic E-state index is -0.000216. The Bertz CT molecular complexity index is 337. The first-order valence-electron chi connectivity index (χ1n) is 4.74. The molecule has 0 saturated heterocycles. The highest BCUT2D eigenvalue weighted by Gasteiger charge is 2.25. The molecule has 14 heavy (non-hydrogen) atoms. The summed E-state index contributed by atoms with van der Waals surface area (Å²) in [6.45, 7) is 0. The van der Waals surface area contributed by atoms with Gasteiger partial charge in [-0.05, 0) is 18.4 Å². The Balaban J connectivity index is 2.13. The van der Waals surface area contributed by atoms with Crippen molar-refractivity contribution in [1.29, 1.82) is 0 Å². The van der Waals surface area contributed by atoms with E-state index in [1.807, 2.05) is 6.07 Å². The number of hydrogen-bond donors (Lipinski definition) is 1. The Kier molecular flexibility index (Phi) is 2.96. The third-order valence-corrected chi connectivity index (χ3v) is 3.04. The molecule has 2 rings (SSSR count). The van der Waals surface area contributed by atoms with Crippen molar-refractivity contribution in [1.82, 2.24) is 4.98 Å². The molecule has 1 aliphatic rings. The highest BCUT2D eigenvalue weighted by molar-refractivity contribution is 6.32. The topological polar surface area (TPSA) is 38.9 Å². The predicted octanol–water partition coefficient (Wildman–Crippen LogP) is 3.19. The van der Waals surface area contributed by atoms with E-state index < -0.39 is 0 Å². The molecule has 2 nitrogen and oxygen atoms in total. The number of pyridine rings is 1. The molecule has 2 N–H and O–H groups in total. The van der Waals surface area contributed by atoms with Gasteiger partial charge in [0, 0.05) is 11.6 Å². The Labute approximate surface area is 93.4 Å². The molecule has 0 bridgehead atoms. The quantitative estimate of drug-likeness (QED) is 0.811. The molecule has 1 fully saturated rings. The molecule has 1 aromatic heterocycles. The molecule has 4 heteroatoms.